The van der Waals surface area contributed by atoms with Crippen LogP contribution in [-0.2, 0) is 23.8 Å². The maximum atomic E-state index is 11.6. The quantitative estimate of drug-likeness (QED) is 0.365. The predicted molar refractivity (Wildman–Crippen MR) is 87.0 cm³/mol. The summed E-state index contributed by atoms with van der Waals surface area (Å²) in [6, 6.07) is 0. The molecule has 1 rings (SSSR count). The smallest absolute Gasteiger partial charge is 0.331 e. The molecule has 1 saturated heterocycles. The zero-order valence-corrected chi connectivity index (χ0v) is 14.5. The van der Waals surface area contributed by atoms with Crippen molar-refractivity contribution < 1.29 is 23.8 Å². The summed E-state index contributed by atoms with van der Waals surface area (Å²) in [5.41, 5.74) is 0. The molecule has 0 aliphatic carbocycles. The third kappa shape index (κ3) is 8.71. The highest BCUT2D eigenvalue weighted by Crippen LogP contribution is 2.10. The molecule has 23 heavy (non-hydrogen) atoms. The number of hydrogen-bond acceptors (Lipinski definition) is 6. The Morgan fingerprint density at radius 3 is 2.48 bits per heavy atom. The van der Waals surface area contributed by atoms with Gasteiger partial charge < -0.3 is 14.2 Å². The molecule has 2 unspecified atom stereocenters. The lowest BCUT2D eigenvalue weighted by Gasteiger charge is -2.26. The highest BCUT2D eigenvalue weighted by molar-refractivity contribution is 5.91. The van der Waals surface area contributed by atoms with Crippen LogP contribution in [0.5, 0.6) is 0 Å². The monoisotopic (exact) mass is 327 g/mol. The van der Waals surface area contributed by atoms with Gasteiger partial charge in [0.25, 0.3) is 0 Å². The first-order chi connectivity index (χ1) is 11.0. The Hall–Kier alpha value is -1.40. The van der Waals surface area contributed by atoms with Gasteiger partial charge in [-0.25, -0.2) is 9.59 Å². The maximum absolute atomic E-state index is 11.6. The number of rotatable bonds is 9. The third-order valence-electron chi connectivity index (χ3n) is 4.07. The molecule has 0 N–H and O–H groups in total. The first kappa shape index (κ1) is 19.6. The van der Waals surface area contributed by atoms with E-state index in [1.807, 2.05) is 20.8 Å². The van der Waals surface area contributed by atoms with E-state index in [9.17, 15) is 9.59 Å². The molecule has 6 nitrogen and oxygen atoms in total. The lowest BCUT2D eigenvalue weighted by molar-refractivity contribution is -0.145. The molecule has 0 aromatic heterocycles. The van der Waals surface area contributed by atoms with Gasteiger partial charge in [0.1, 0.15) is 6.10 Å². The number of carbonyl (C=O) groups excluding carboxylic acids is 2. The second-order valence-electron chi connectivity index (χ2n) is 5.84. The van der Waals surface area contributed by atoms with E-state index < -0.39 is 11.9 Å². The van der Waals surface area contributed by atoms with Gasteiger partial charge in [0.2, 0.25) is 0 Å². The Morgan fingerprint density at radius 1 is 1.17 bits per heavy atom. The van der Waals surface area contributed by atoms with Crippen molar-refractivity contribution in [2.45, 2.75) is 39.7 Å². The summed E-state index contributed by atoms with van der Waals surface area (Å²) in [4.78, 5) is 25.4. The number of morpholine rings is 1. The van der Waals surface area contributed by atoms with Crippen LogP contribution in [0, 0.1) is 5.92 Å². The molecule has 6 heteroatoms. The molecular weight excluding hydrogens is 298 g/mol. The van der Waals surface area contributed by atoms with Crippen LogP contribution >= 0.6 is 0 Å². The van der Waals surface area contributed by atoms with Crippen LogP contribution in [0.3, 0.4) is 0 Å². The SMILES string of the molecule is CCC(C)C(C)OC(=O)/C=C/C(=O)OCCCN1CCOCC1. The standard InChI is InChI=1S/C17H29NO5/c1-4-14(2)15(3)23-17(20)7-6-16(19)22-11-5-8-18-9-12-21-13-10-18/h6-7,14-15H,4-5,8-13H2,1-3H3/b7-6+. The van der Waals surface area contributed by atoms with Crippen molar-refractivity contribution in [2.75, 3.05) is 39.5 Å². The Balaban J connectivity index is 2.13. The molecule has 1 fully saturated rings. The fourth-order valence-corrected chi connectivity index (χ4v) is 2.14. The van der Waals surface area contributed by atoms with E-state index in [2.05, 4.69) is 4.90 Å². The summed E-state index contributed by atoms with van der Waals surface area (Å²) in [5.74, 6) is -0.734. The highest BCUT2D eigenvalue weighted by atomic mass is 16.5. The van der Waals surface area contributed by atoms with Crippen LogP contribution in [0.25, 0.3) is 0 Å². The van der Waals surface area contributed by atoms with Gasteiger partial charge in [-0.3, -0.25) is 4.90 Å². The average Bonchev–Trinajstić information content (AvgIpc) is 2.57. The largest absolute Gasteiger partial charge is 0.462 e. The zero-order valence-electron chi connectivity index (χ0n) is 14.5. The van der Waals surface area contributed by atoms with E-state index in [0.29, 0.717) is 12.5 Å². The molecule has 132 valence electrons. The van der Waals surface area contributed by atoms with E-state index >= 15 is 0 Å². The van der Waals surface area contributed by atoms with E-state index in [0.717, 1.165) is 57.8 Å². The minimum atomic E-state index is -0.514. The van der Waals surface area contributed by atoms with E-state index in [4.69, 9.17) is 14.2 Å². The molecule has 0 spiro atoms. The van der Waals surface area contributed by atoms with Crippen molar-refractivity contribution in [1.82, 2.24) is 4.90 Å². The summed E-state index contributed by atoms with van der Waals surface area (Å²) in [6.45, 7) is 10.5. The van der Waals surface area contributed by atoms with Gasteiger partial charge in [0, 0.05) is 31.8 Å². The van der Waals surface area contributed by atoms with Crippen molar-refractivity contribution in [3.63, 3.8) is 0 Å². The number of esters is 2. The molecule has 1 aliphatic heterocycles. The topological polar surface area (TPSA) is 65.1 Å². The van der Waals surface area contributed by atoms with Crippen molar-refractivity contribution in [3.8, 4) is 0 Å². The van der Waals surface area contributed by atoms with E-state index in [1.165, 1.54) is 0 Å². The summed E-state index contributed by atoms with van der Waals surface area (Å²) in [6.07, 6.45) is 3.80. The third-order valence-corrected chi connectivity index (χ3v) is 4.07. The summed E-state index contributed by atoms with van der Waals surface area (Å²) in [5, 5.41) is 0. The van der Waals surface area contributed by atoms with Crippen molar-refractivity contribution in [3.05, 3.63) is 12.2 Å². The Bertz CT molecular complexity index is 390. The van der Waals surface area contributed by atoms with Crippen LogP contribution in [0.1, 0.15) is 33.6 Å². The summed E-state index contributed by atoms with van der Waals surface area (Å²) in [7, 11) is 0. The molecule has 2 atom stereocenters. The molecule has 0 bridgehead atoms. The fraction of sp³-hybridized carbons (Fsp3) is 0.765. The minimum Gasteiger partial charge on any atom is -0.462 e. The molecular formula is C17H29NO5. The van der Waals surface area contributed by atoms with E-state index in [-0.39, 0.29) is 6.10 Å². The molecule has 0 radical (unpaired) electrons. The number of nitrogens with zero attached hydrogens (tertiary/aromatic N) is 1. The predicted octanol–water partition coefficient (Wildman–Crippen LogP) is 1.79. The molecule has 1 aliphatic rings. The zero-order chi connectivity index (χ0) is 17.1. The van der Waals surface area contributed by atoms with Crippen LogP contribution in [0.4, 0.5) is 0 Å². The summed E-state index contributed by atoms with van der Waals surface area (Å²) < 4.78 is 15.5. The normalized spacial score (nSPS) is 18.6. The number of ether oxygens (including phenoxy) is 3. The number of hydrogen-bond donors (Lipinski definition) is 0. The van der Waals surface area contributed by atoms with Gasteiger partial charge in [-0.15, -0.1) is 0 Å². The van der Waals surface area contributed by atoms with Crippen LogP contribution in [0.15, 0.2) is 12.2 Å². The average molecular weight is 327 g/mol. The van der Waals surface area contributed by atoms with Crippen LogP contribution in [-0.4, -0.2) is 62.4 Å². The van der Waals surface area contributed by atoms with Crippen LogP contribution < -0.4 is 0 Å². The molecule has 0 aromatic carbocycles. The van der Waals surface area contributed by atoms with Gasteiger partial charge in [-0.05, 0) is 19.3 Å². The van der Waals surface area contributed by atoms with Gasteiger partial charge in [-0.1, -0.05) is 20.3 Å². The Kier molecular flexibility index (Phi) is 9.55. The lowest BCUT2D eigenvalue weighted by atomic mass is 10.0. The molecule has 1 heterocycles. The van der Waals surface area contributed by atoms with Gasteiger partial charge in [0.15, 0.2) is 0 Å². The van der Waals surface area contributed by atoms with Gasteiger partial charge in [0.05, 0.1) is 19.8 Å². The maximum Gasteiger partial charge on any atom is 0.331 e. The minimum absolute atomic E-state index is 0.165. The Labute approximate surface area is 138 Å². The van der Waals surface area contributed by atoms with Crippen molar-refractivity contribution in [1.29, 1.82) is 0 Å². The molecule has 0 aromatic rings. The second kappa shape index (κ2) is 11.2. The fourth-order valence-electron chi connectivity index (χ4n) is 2.14. The lowest BCUT2D eigenvalue weighted by Crippen LogP contribution is -2.37. The highest BCUT2D eigenvalue weighted by Gasteiger charge is 2.14. The Morgan fingerprint density at radius 2 is 1.83 bits per heavy atom. The van der Waals surface area contributed by atoms with Crippen molar-refractivity contribution in [2.24, 2.45) is 5.92 Å². The summed E-state index contributed by atoms with van der Waals surface area (Å²) >= 11 is 0. The first-order valence-electron chi connectivity index (χ1n) is 8.38. The first-order valence-corrected chi connectivity index (χ1v) is 8.38. The molecule has 0 saturated carbocycles. The molecule has 0 amide bonds. The van der Waals surface area contributed by atoms with Crippen molar-refractivity contribution >= 4 is 11.9 Å². The van der Waals surface area contributed by atoms with Crippen LogP contribution in [0.2, 0.25) is 0 Å². The van der Waals surface area contributed by atoms with E-state index in [1.54, 1.807) is 0 Å². The second-order valence-corrected chi connectivity index (χ2v) is 5.84. The van der Waals surface area contributed by atoms with Gasteiger partial charge in [-0.2, -0.15) is 0 Å². The number of carbonyl (C=O) groups is 2. The van der Waals surface area contributed by atoms with Gasteiger partial charge >= 0.3 is 11.9 Å².